The summed E-state index contributed by atoms with van der Waals surface area (Å²) in [4.78, 5) is 0. The number of ether oxygens (including phenoxy) is 1. The van der Waals surface area contributed by atoms with Gasteiger partial charge in [0.05, 0.1) is 12.8 Å². The Morgan fingerprint density at radius 3 is 2.39 bits per heavy atom. The molecular weight excluding hydrogens is 224 g/mol. The first-order chi connectivity index (χ1) is 8.62. The van der Waals surface area contributed by atoms with Crippen LogP contribution in [0.15, 0.2) is 12.1 Å². The summed E-state index contributed by atoms with van der Waals surface area (Å²) in [5.74, 6) is 1.57. The molecule has 0 heterocycles. The second-order valence-electron chi connectivity index (χ2n) is 4.85. The normalized spacial score (nSPS) is 12.3. The fourth-order valence-corrected chi connectivity index (χ4v) is 2.00. The Morgan fingerprint density at radius 2 is 1.83 bits per heavy atom. The Labute approximate surface area is 111 Å². The summed E-state index contributed by atoms with van der Waals surface area (Å²) in [7, 11) is 3.72. The summed E-state index contributed by atoms with van der Waals surface area (Å²) in [5.41, 5.74) is 3.65. The maximum Gasteiger partial charge on any atom is 0.142 e. The lowest BCUT2D eigenvalue weighted by Crippen LogP contribution is -2.25. The number of benzene rings is 1. The molecule has 2 N–H and O–H groups in total. The zero-order valence-corrected chi connectivity index (χ0v) is 12.3. The molecule has 1 unspecified atom stereocenters. The first-order valence-electron chi connectivity index (χ1n) is 6.66. The summed E-state index contributed by atoms with van der Waals surface area (Å²) in [6.07, 6.45) is 1.17. The van der Waals surface area contributed by atoms with Gasteiger partial charge < -0.3 is 15.4 Å². The van der Waals surface area contributed by atoms with E-state index in [0.717, 1.165) is 24.5 Å². The van der Waals surface area contributed by atoms with Gasteiger partial charge >= 0.3 is 0 Å². The third-order valence-corrected chi connectivity index (χ3v) is 3.47. The molecule has 0 amide bonds. The van der Waals surface area contributed by atoms with Crippen LogP contribution in [-0.4, -0.2) is 27.2 Å². The highest BCUT2D eigenvalue weighted by atomic mass is 16.5. The number of rotatable bonds is 7. The van der Waals surface area contributed by atoms with Crippen LogP contribution in [-0.2, 0) is 0 Å². The van der Waals surface area contributed by atoms with Gasteiger partial charge in [-0.2, -0.15) is 0 Å². The van der Waals surface area contributed by atoms with E-state index < -0.39 is 0 Å². The maximum atomic E-state index is 5.43. The molecule has 102 valence electrons. The van der Waals surface area contributed by atoms with Gasteiger partial charge in [-0.15, -0.1) is 0 Å². The molecule has 0 aliphatic carbocycles. The lowest BCUT2D eigenvalue weighted by Gasteiger charge is -2.18. The third kappa shape index (κ3) is 3.91. The molecule has 0 fully saturated rings. The van der Waals surface area contributed by atoms with E-state index in [1.165, 1.54) is 17.5 Å². The van der Waals surface area contributed by atoms with Gasteiger partial charge in [-0.25, -0.2) is 0 Å². The topological polar surface area (TPSA) is 33.3 Å². The minimum Gasteiger partial charge on any atom is -0.495 e. The quantitative estimate of drug-likeness (QED) is 0.780. The van der Waals surface area contributed by atoms with Crippen LogP contribution in [0.3, 0.4) is 0 Å². The summed E-state index contributed by atoms with van der Waals surface area (Å²) < 4.78 is 5.43. The molecule has 0 aliphatic rings. The van der Waals surface area contributed by atoms with E-state index in [4.69, 9.17) is 4.74 Å². The van der Waals surface area contributed by atoms with Crippen molar-refractivity contribution in [2.45, 2.75) is 27.2 Å². The zero-order valence-electron chi connectivity index (χ0n) is 12.3. The summed E-state index contributed by atoms with van der Waals surface area (Å²) in [6.45, 7) is 8.47. The number of nitrogens with one attached hydrogen (secondary N) is 2. The lowest BCUT2D eigenvalue weighted by molar-refractivity contribution is 0.415. The van der Waals surface area contributed by atoms with Crippen molar-refractivity contribution in [3.05, 3.63) is 23.3 Å². The number of aryl methyl sites for hydroxylation is 2. The second kappa shape index (κ2) is 7.27. The van der Waals surface area contributed by atoms with Gasteiger partial charge in [0.2, 0.25) is 0 Å². The van der Waals surface area contributed by atoms with E-state index >= 15 is 0 Å². The van der Waals surface area contributed by atoms with Gasteiger partial charge in [-0.3, -0.25) is 0 Å². The molecule has 1 aromatic carbocycles. The molecule has 18 heavy (non-hydrogen) atoms. The predicted octanol–water partition coefficient (Wildman–Crippen LogP) is 2.97. The van der Waals surface area contributed by atoms with Crippen molar-refractivity contribution >= 4 is 5.69 Å². The highest BCUT2D eigenvalue weighted by Gasteiger charge is 2.09. The summed E-state index contributed by atoms with van der Waals surface area (Å²) in [5, 5.41) is 6.74. The molecule has 1 rings (SSSR count). The van der Waals surface area contributed by atoms with E-state index in [1.54, 1.807) is 7.11 Å². The van der Waals surface area contributed by atoms with Gasteiger partial charge in [0, 0.05) is 6.54 Å². The lowest BCUT2D eigenvalue weighted by atomic mass is 10.1. The van der Waals surface area contributed by atoms with Crippen LogP contribution in [0.25, 0.3) is 0 Å². The van der Waals surface area contributed by atoms with Crippen molar-refractivity contribution in [3.63, 3.8) is 0 Å². The molecule has 0 aromatic heterocycles. The molecule has 0 bridgehead atoms. The molecule has 0 spiro atoms. The predicted molar refractivity (Wildman–Crippen MR) is 78.7 cm³/mol. The highest BCUT2D eigenvalue weighted by molar-refractivity contribution is 5.60. The Hall–Kier alpha value is -1.22. The fourth-order valence-electron chi connectivity index (χ4n) is 2.00. The minimum atomic E-state index is 0.640. The van der Waals surface area contributed by atoms with Crippen molar-refractivity contribution in [3.8, 4) is 5.75 Å². The molecule has 0 aliphatic heterocycles. The van der Waals surface area contributed by atoms with E-state index in [-0.39, 0.29) is 0 Å². The molecule has 0 saturated heterocycles. The first kappa shape index (κ1) is 14.8. The van der Waals surface area contributed by atoms with E-state index in [1.807, 2.05) is 7.05 Å². The molecule has 0 radical (unpaired) electrons. The van der Waals surface area contributed by atoms with Crippen LogP contribution in [0.5, 0.6) is 5.75 Å². The molecule has 3 heteroatoms. The van der Waals surface area contributed by atoms with Crippen molar-refractivity contribution < 1.29 is 4.74 Å². The van der Waals surface area contributed by atoms with Crippen molar-refractivity contribution in [1.29, 1.82) is 0 Å². The second-order valence-corrected chi connectivity index (χ2v) is 4.85. The Morgan fingerprint density at radius 1 is 1.17 bits per heavy atom. The molecule has 1 atom stereocenters. The number of methoxy groups -OCH3 is 1. The van der Waals surface area contributed by atoms with Crippen molar-refractivity contribution in [2.75, 3.05) is 32.6 Å². The molecule has 3 nitrogen and oxygen atoms in total. The average molecular weight is 250 g/mol. The van der Waals surface area contributed by atoms with Crippen LogP contribution >= 0.6 is 0 Å². The maximum absolute atomic E-state index is 5.43. The van der Waals surface area contributed by atoms with Gasteiger partial charge in [0.15, 0.2) is 0 Å². The SMILES string of the molecule is CCC(CNC)CNc1cc(C)c(C)cc1OC. The third-order valence-electron chi connectivity index (χ3n) is 3.47. The van der Waals surface area contributed by atoms with Gasteiger partial charge in [-0.1, -0.05) is 13.3 Å². The molecular formula is C15H26N2O. The minimum absolute atomic E-state index is 0.640. The van der Waals surface area contributed by atoms with Gasteiger partial charge in [0.25, 0.3) is 0 Å². The largest absolute Gasteiger partial charge is 0.495 e. The number of hydrogen-bond acceptors (Lipinski definition) is 3. The highest BCUT2D eigenvalue weighted by Crippen LogP contribution is 2.28. The first-order valence-corrected chi connectivity index (χ1v) is 6.66. The zero-order chi connectivity index (χ0) is 13.5. The average Bonchev–Trinajstić information content (AvgIpc) is 2.37. The van der Waals surface area contributed by atoms with E-state index in [0.29, 0.717) is 5.92 Å². The molecule has 1 aromatic rings. The van der Waals surface area contributed by atoms with Crippen LogP contribution in [0, 0.1) is 19.8 Å². The van der Waals surface area contributed by atoms with Crippen molar-refractivity contribution in [1.82, 2.24) is 5.32 Å². The smallest absolute Gasteiger partial charge is 0.142 e. The van der Waals surface area contributed by atoms with Crippen LogP contribution in [0.4, 0.5) is 5.69 Å². The van der Waals surface area contributed by atoms with E-state index in [2.05, 4.69) is 43.5 Å². The summed E-state index contributed by atoms with van der Waals surface area (Å²) in [6, 6.07) is 4.26. The summed E-state index contributed by atoms with van der Waals surface area (Å²) >= 11 is 0. The number of anilines is 1. The fraction of sp³-hybridized carbons (Fsp3) is 0.600. The monoisotopic (exact) mass is 250 g/mol. The van der Waals surface area contributed by atoms with Gasteiger partial charge in [0.1, 0.15) is 5.75 Å². The van der Waals surface area contributed by atoms with Crippen LogP contribution < -0.4 is 15.4 Å². The van der Waals surface area contributed by atoms with Crippen LogP contribution in [0.2, 0.25) is 0 Å². The van der Waals surface area contributed by atoms with Crippen molar-refractivity contribution in [2.24, 2.45) is 5.92 Å². The molecule has 0 saturated carbocycles. The van der Waals surface area contributed by atoms with E-state index in [9.17, 15) is 0 Å². The van der Waals surface area contributed by atoms with Crippen LogP contribution in [0.1, 0.15) is 24.5 Å². The Bertz CT molecular complexity index is 377. The number of hydrogen-bond donors (Lipinski definition) is 2. The van der Waals surface area contributed by atoms with Gasteiger partial charge in [-0.05, 0) is 56.6 Å². The standard InChI is InChI=1S/C15H26N2O/c1-6-13(9-16-4)10-17-14-7-11(2)12(3)8-15(14)18-5/h7-8,13,16-17H,6,9-10H2,1-5H3. The Kier molecular flexibility index (Phi) is 5.99. The Balaban J connectivity index is 2.74.